The highest BCUT2D eigenvalue weighted by atomic mass is 32.1. The van der Waals surface area contributed by atoms with Crippen molar-refractivity contribution in [3.05, 3.63) is 10.9 Å². The third-order valence-corrected chi connectivity index (χ3v) is 4.46. The molecule has 5 nitrogen and oxygen atoms in total. The molecule has 2 aromatic heterocycles. The topological polar surface area (TPSA) is 75.9 Å². The summed E-state index contributed by atoms with van der Waals surface area (Å²) in [4.78, 5) is 11.1. The van der Waals surface area contributed by atoms with Crippen LogP contribution in [0.4, 0.5) is 11.8 Å². The summed E-state index contributed by atoms with van der Waals surface area (Å²) in [6.45, 7) is 6.52. The number of nitrogens with one attached hydrogen (secondary N) is 2. The number of hydrogen-bond acceptors (Lipinski definition) is 6. The van der Waals surface area contributed by atoms with Crippen molar-refractivity contribution < 1.29 is 0 Å². The summed E-state index contributed by atoms with van der Waals surface area (Å²) in [6.07, 6.45) is 6.29. The minimum atomic E-state index is 0.394. The zero-order valence-corrected chi connectivity index (χ0v) is 13.9. The summed E-state index contributed by atoms with van der Waals surface area (Å²) >= 11 is 1.66. The fourth-order valence-electron chi connectivity index (χ4n) is 2.40. The van der Waals surface area contributed by atoms with Crippen LogP contribution in [0.15, 0.2) is 6.07 Å². The molecular weight excluding hydrogens is 282 g/mol. The summed E-state index contributed by atoms with van der Waals surface area (Å²) in [5.41, 5.74) is 2.55. The number of rotatable bonds is 8. The van der Waals surface area contributed by atoms with Gasteiger partial charge in [0.2, 0.25) is 5.95 Å². The number of nitrogen functional groups attached to an aromatic ring is 1. The predicted octanol–water partition coefficient (Wildman–Crippen LogP) is 4.06. The maximum atomic E-state index is 5.46. The lowest BCUT2D eigenvalue weighted by molar-refractivity contribution is 0.593. The standard InChI is InChI=1S/C15H25N5S/c1-4-5-6-7-8-10(2)17-13-12-9-11(3)21-14(12)19-15(18-13)20-16/h9-10H,4-8,16H2,1-3H3,(H2,17,18,19,20). The van der Waals surface area contributed by atoms with Crippen molar-refractivity contribution in [2.75, 3.05) is 10.7 Å². The number of anilines is 2. The van der Waals surface area contributed by atoms with Crippen molar-refractivity contribution >= 4 is 33.3 Å². The summed E-state index contributed by atoms with van der Waals surface area (Å²) in [6, 6.07) is 2.53. The van der Waals surface area contributed by atoms with Crippen LogP contribution < -0.4 is 16.6 Å². The van der Waals surface area contributed by atoms with Crippen LogP contribution in [0.5, 0.6) is 0 Å². The molecule has 0 amide bonds. The van der Waals surface area contributed by atoms with E-state index in [2.05, 4.69) is 47.5 Å². The lowest BCUT2D eigenvalue weighted by Gasteiger charge is -2.15. The third kappa shape index (κ3) is 4.28. The molecule has 2 rings (SSSR count). The normalized spacial score (nSPS) is 12.6. The molecule has 0 aliphatic carbocycles. The molecular formula is C15H25N5S. The molecule has 21 heavy (non-hydrogen) atoms. The first-order valence-corrected chi connectivity index (χ1v) is 8.47. The van der Waals surface area contributed by atoms with E-state index in [0.29, 0.717) is 12.0 Å². The first kappa shape index (κ1) is 16.0. The summed E-state index contributed by atoms with van der Waals surface area (Å²) in [5, 5.41) is 4.59. The molecule has 1 atom stereocenters. The Kier molecular flexibility index (Phi) is 5.76. The van der Waals surface area contributed by atoms with Gasteiger partial charge >= 0.3 is 0 Å². The van der Waals surface area contributed by atoms with Gasteiger partial charge in [0.15, 0.2) is 0 Å². The molecule has 2 heterocycles. The van der Waals surface area contributed by atoms with Crippen LogP contribution in [-0.2, 0) is 0 Å². The van der Waals surface area contributed by atoms with Gasteiger partial charge in [-0.2, -0.15) is 4.98 Å². The minimum absolute atomic E-state index is 0.394. The Morgan fingerprint density at radius 3 is 2.81 bits per heavy atom. The maximum absolute atomic E-state index is 5.46. The van der Waals surface area contributed by atoms with Crippen LogP contribution in [0.3, 0.4) is 0 Å². The van der Waals surface area contributed by atoms with E-state index in [1.807, 2.05) is 0 Å². The Labute approximate surface area is 130 Å². The average molecular weight is 307 g/mol. The number of aryl methyl sites for hydroxylation is 1. The van der Waals surface area contributed by atoms with Crippen LogP contribution in [-0.4, -0.2) is 16.0 Å². The molecule has 0 bridgehead atoms. The van der Waals surface area contributed by atoms with Gasteiger partial charge in [0.05, 0.1) is 5.39 Å². The van der Waals surface area contributed by atoms with Gasteiger partial charge in [-0.1, -0.05) is 32.6 Å². The van der Waals surface area contributed by atoms with Crippen LogP contribution in [0.2, 0.25) is 0 Å². The number of aromatic nitrogens is 2. The van der Waals surface area contributed by atoms with Gasteiger partial charge in [0.25, 0.3) is 0 Å². The lowest BCUT2D eigenvalue weighted by Crippen LogP contribution is -2.18. The monoisotopic (exact) mass is 307 g/mol. The van der Waals surface area contributed by atoms with Gasteiger partial charge in [-0.25, -0.2) is 10.8 Å². The van der Waals surface area contributed by atoms with E-state index in [-0.39, 0.29) is 0 Å². The van der Waals surface area contributed by atoms with Gasteiger partial charge < -0.3 is 5.32 Å². The Morgan fingerprint density at radius 1 is 1.29 bits per heavy atom. The highest BCUT2D eigenvalue weighted by molar-refractivity contribution is 7.18. The molecule has 0 aliphatic heterocycles. The molecule has 0 saturated heterocycles. The van der Waals surface area contributed by atoms with E-state index >= 15 is 0 Å². The Bertz CT molecular complexity index is 581. The number of nitrogens with zero attached hydrogens (tertiary/aromatic N) is 2. The van der Waals surface area contributed by atoms with E-state index in [0.717, 1.165) is 22.5 Å². The summed E-state index contributed by atoms with van der Waals surface area (Å²) in [7, 11) is 0. The van der Waals surface area contributed by atoms with Gasteiger partial charge in [0, 0.05) is 10.9 Å². The molecule has 2 aromatic rings. The van der Waals surface area contributed by atoms with Crippen molar-refractivity contribution in [3.8, 4) is 0 Å². The smallest absolute Gasteiger partial charge is 0.240 e. The van der Waals surface area contributed by atoms with E-state index in [1.165, 1.54) is 30.6 Å². The molecule has 1 unspecified atom stereocenters. The molecule has 4 N–H and O–H groups in total. The number of fused-ring (bicyclic) bond motifs is 1. The van der Waals surface area contributed by atoms with Crippen molar-refractivity contribution in [3.63, 3.8) is 0 Å². The molecule has 0 fully saturated rings. The second kappa shape index (κ2) is 7.56. The minimum Gasteiger partial charge on any atom is -0.367 e. The highest BCUT2D eigenvalue weighted by Crippen LogP contribution is 2.30. The van der Waals surface area contributed by atoms with E-state index in [1.54, 1.807) is 11.3 Å². The van der Waals surface area contributed by atoms with Crippen molar-refractivity contribution in [1.29, 1.82) is 0 Å². The fraction of sp³-hybridized carbons (Fsp3) is 0.600. The van der Waals surface area contributed by atoms with Crippen molar-refractivity contribution in [2.45, 2.75) is 58.9 Å². The predicted molar refractivity (Wildman–Crippen MR) is 91.8 cm³/mol. The second-order valence-corrected chi connectivity index (χ2v) is 6.75. The number of thiophene rings is 1. The van der Waals surface area contributed by atoms with E-state index < -0.39 is 0 Å². The van der Waals surface area contributed by atoms with Crippen LogP contribution in [0.1, 0.15) is 50.8 Å². The molecule has 6 heteroatoms. The lowest BCUT2D eigenvalue weighted by atomic mass is 10.1. The van der Waals surface area contributed by atoms with E-state index in [9.17, 15) is 0 Å². The highest BCUT2D eigenvalue weighted by Gasteiger charge is 2.12. The van der Waals surface area contributed by atoms with Gasteiger partial charge in [-0.05, 0) is 26.3 Å². The van der Waals surface area contributed by atoms with Crippen molar-refractivity contribution in [2.24, 2.45) is 5.84 Å². The van der Waals surface area contributed by atoms with Gasteiger partial charge in [-0.15, -0.1) is 11.3 Å². The quantitative estimate of drug-likeness (QED) is 0.389. The maximum Gasteiger partial charge on any atom is 0.240 e. The van der Waals surface area contributed by atoms with Crippen molar-refractivity contribution in [1.82, 2.24) is 9.97 Å². The number of unbranched alkanes of at least 4 members (excludes halogenated alkanes) is 3. The number of nitrogens with two attached hydrogens (primary N) is 1. The fourth-order valence-corrected chi connectivity index (χ4v) is 3.28. The van der Waals surface area contributed by atoms with Gasteiger partial charge in [-0.3, -0.25) is 5.43 Å². The zero-order valence-electron chi connectivity index (χ0n) is 13.1. The summed E-state index contributed by atoms with van der Waals surface area (Å²) in [5.74, 6) is 6.80. The largest absolute Gasteiger partial charge is 0.367 e. The Balaban J connectivity index is 2.09. The molecule has 0 radical (unpaired) electrons. The first-order chi connectivity index (χ1) is 10.1. The van der Waals surface area contributed by atoms with Crippen LogP contribution in [0, 0.1) is 6.92 Å². The number of hydrazine groups is 1. The molecule has 0 saturated carbocycles. The molecule has 116 valence electrons. The SMILES string of the molecule is CCCCCCC(C)Nc1nc(NN)nc2sc(C)cc12. The average Bonchev–Trinajstić information content (AvgIpc) is 2.84. The Morgan fingerprint density at radius 2 is 2.10 bits per heavy atom. The molecule has 0 aromatic carbocycles. The third-order valence-electron chi connectivity index (χ3n) is 3.52. The number of hydrogen-bond donors (Lipinski definition) is 3. The van der Waals surface area contributed by atoms with Crippen LogP contribution >= 0.6 is 11.3 Å². The second-order valence-electron chi connectivity index (χ2n) is 5.51. The van der Waals surface area contributed by atoms with E-state index in [4.69, 9.17) is 5.84 Å². The molecule has 0 aliphatic rings. The summed E-state index contributed by atoms with van der Waals surface area (Å²) < 4.78 is 0. The van der Waals surface area contributed by atoms with Gasteiger partial charge in [0.1, 0.15) is 10.6 Å². The Hall–Kier alpha value is -1.40. The van der Waals surface area contributed by atoms with Crippen LogP contribution in [0.25, 0.3) is 10.2 Å². The zero-order chi connectivity index (χ0) is 15.2. The molecule has 0 spiro atoms. The first-order valence-electron chi connectivity index (χ1n) is 7.65.